The van der Waals surface area contributed by atoms with E-state index in [0.29, 0.717) is 30.3 Å². The van der Waals surface area contributed by atoms with Gasteiger partial charge in [0.2, 0.25) is 0 Å². The third-order valence-electron chi connectivity index (χ3n) is 4.68. The van der Waals surface area contributed by atoms with Crippen LogP contribution in [0.25, 0.3) is 5.82 Å². The minimum absolute atomic E-state index is 0.162. The lowest BCUT2D eigenvalue weighted by atomic mass is 10.2. The summed E-state index contributed by atoms with van der Waals surface area (Å²) in [5, 5.41) is 11.0. The first-order valence-corrected chi connectivity index (χ1v) is 9.48. The summed E-state index contributed by atoms with van der Waals surface area (Å²) >= 11 is 0. The largest absolute Gasteiger partial charge is 0.489 e. The second-order valence-corrected chi connectivity index (χ2v) is 6.77. The molecule has 0 saturated carbocycles. The topological polar surface area (TPSA) is 95.1 Å². The lowest BCUT2D eigenvalue weighted by Crippen LogP contribution is -2.22. The predicted octanol–water partition coefficient (Wildman–Crippen LogP) is 3.38. The van der Waals surface area contributed by atoms with E-state index < -0.39 is 0 Å². The van der Waals surface area contributed by atoms with Crippen molar-refractivity contribution in [2.75, 3.05) is 0 Å². The number of pyridine rings is 1. The quantitative estimate of drug-likeness (QED) is 0.508. The zero-order valence-corrected chi connectivity index (χ0v) is 16.7. The van der Waals surface area contributed by atoms with E-state index in [-0.39, 0.29) is 5.91 Å². The molecule has 0 atom stereocenters. The van der Waals surface area contributed by atoms with Crippen LogP contribution in [0.3, 0.4) is 0 Å². The van der Waals surface area contributed by atoms with Crippen molar-refractivity contribution in [1.82, 2.24) is 25.2 Å². The monoisotopic (exact) mass is 403 g/mol. The number of hydrogen-bond donors (Lipinski definition) is 1. The lowest BCUT2D eigenvalue weighted by Gasteiger charge is -2.09. The summed E-state index contributed by atoms with van der Waals surface area (Å²) in [6.45, 7) is 4.49. The Hall–Kier alpha value is -3.94. The van der Waals surface area contributed by atoms with Gasteiger partial charge in [-0.25, -0.2) is 9.67 Å². The molecule has 0 radical (unpaired) electrons. The molecule has 1 amide bonds. The third kappa shape index (κ3) is 4.38. The highest BCUT2D eigenvalue weighted by atomic mass is 16.5. The summed E-state index contributed by atoms with van der Waals surface area (Å²) < 4.78 is 12.6. The van der Waals surface area contributed by atoms with E-state index in [0.717, 1.165) is 22.6 Å². The van der Waals surface area contributed by atoms with Crippen LogP contribution in [-0.2, 0) is 13.2 Å². The maximum absolute atomic E-state index is 12.5. The van der Waals surface area contributed by atoms with Crippen molar-refractivity contribution in [3.8, 4) is 11.6 Å². The van der Waals surface area contributed by atoms with Gasteiger partial charge in [-0.2, -0.15) is 5.10 Å². The lowest BCUT2D eigenvalue weighted by molar-refractivity contribution is 0.0951. The number of nitrogens with one attached hydrogen (secondary N) is 1. The highest BCUT2D eigenvalue weighted by molar-refractivity contribution is 5.94. The Morgan fingerprint density at radius 2 is 2.00 bits per heavy atom. The fraction of sp³-hybridized carbons (Fsp3) is 0.182. The SMILES string of the molecule is Cc1noc(C)c1COc1ccc(C(=O)NCc2ccnc(-n3cccn3)c2)cc1. The van der Waals surface area contributed by atoms with E-state index in [1.54, 1.807) is 41.3 Å². The molecule has 1 aromatic carbocycles. The summed E-state index contributed by atoms with van der Waals surface area (Å²) in [5.74, 6) is 1.95. The Morgan fingerprint density at radius 3 is 2.70 bits per heavy atom. The number of rotatable bonds is 7. The fourth-order valence-electron chi connectivity index (χ4n) is 2.95. The molecule has 0 aliphatic carbocycles. The predicted molar refractivity (Wildman–Crippen MR) is 109 cm³/mol. The molecule has 8 nitrogen and oxygen atoms in total. The number of benzene rings is 1. The van der Waals surface area contributed by atoms with Crippen LogP contribution in [0.15, 0.2) is 65.6 Å². The Kier molecular flexibility index (Phi) is 5.56. The van der Waals surface area contributed by atoms with Gasteiger partial charge in [-0.3, -0.25) is 4.79 Å². The van der Waals surface area contributed by atoms with Crippen LogP contribution < -0.4 is 10.1 Å². The van der Waals surface area contributed by atoms with Gasteiger partial charge in [0.15, 0.2) is 5.82 Å². The van der Waals surface area contributed by atoms with E-state index in [1.165, 1.54) is 0 Å². The number of nitrogens with zero attached hydrogens (tertiary/aromatic N) is 4. The molecule has 0 aliphatic heterocycles. The number of amides is 1. The maximum atomic E-state index is 12.5. The van der Waals surface area contributed by atoms with Gasteiger partial charge in [0.1, 0.15) is 18.1 Å². The highest BCUT2D eigenvalue weighted by Crippen LogP contribution is 2.18. The number of aromatic nitrogens is 4. The molecule has 4 rings (SSSR count). The maximum Gasteiger partial charge on any atom is 0.251 e. The van der Waals surface area contributed by atoms with E-state index in [1.807, 2.05) is 38.2 Å². The van der Waals surface area contributed by atoms with Gasteiger partial charge in [-0.05, 0) is 61.9 Å². The van der Waals surface area contributed by atoms with Crippen LogP contribution in [0.1, 0.15) is 32.9 Å². The first kappa shape index (κ1) is 19.4. The molecular weight excluding hydrogens is 382 g/mol. The summed E-state index contributed by atoms with van der Waals surface area (Å²) in [6.07, 6.45) is 5.21. The van der Waals surface area contributed by atoms with Gasteiger partial charge in [-0.1, -0.05) is 5.16 Å². The van der Waals surface area contributed by atoms with Crippen LogP contribution in [0.2, 0.25) is 0 Å². The van der Waals surface area contributed by atoms with Crippen LogP contribution in [0.4, 0.5) is 0 Å². The standard InChI is InChI=1S/C22H21N5O3/c1-15-20(16(2)30-26-15)14-29-19-6-4-18(5-7-19)22(28)24-13-17-8-10-23-21(12-17)27-11-3-9-25-27/h3-12H,13-14H2,1-2H3,(H,24,28). The van der Waals surface area contributed by atoms with E-state index in [4.69, 9.17) is 9.26 Å². The highest BCUT2D eigenvalue weighted by Gasteiger charge is 2.10. The number of carbonyl (C=O) groups is 1. The summed E-state index contributed by atoms with van der Waals surface area (Å²) in [6, 6.07) is 12.6. The van der Waals surface area contributed by atoms with Gasteiger partial charge in [0.25, 0.3) is 5.91 Å². The van der Waals surface area contributed by atoms with Gasteiger partial charge in [-0.15, -0.1) is 0 Å². The van der Waals surface area contributed by atoms with Crippen LogP contribution >= 0.6 is 0 Å². The molecule has 3 heterocycles. The molecule has 0 aliphatic rings. The van der Waals surface area contributed by atoms with Crippen molar-refractivity contribution in [3.63, 3.8) is 0 Å². The Balaban J connectivity index is 1.33. The normalized spacial score (nSPS) is 10.7. The van der Waals surface area contributed by atoms with Crippen molar-refractivity contribution in [3.05, 3.63) is 89.2 Å². The molecule has 4 aromatic rings. The first-order valence-electron chi connectivity index (χ1n) is 9.48. The molecule has 8 heteroatoms. The first-order chi connectivity index (χ1) is 14.6. The Bertz CT molecular complexity index is 1110. The molecule has 0 spiro atoms. The van der Waals surface area contributed by atoms with Crippen molar-refractivity contribution >= 4 is 5.91 Å². The Morgan fingerprint density at radius 1 is 1.17 bits per heavy atom. The van der Waals surface area contributed by atoms with Gasteiger partial charge >= 0.3 is 0 Å². The third-order valence-corrected chi connectivity index (χ3v) is 4.68. The summed E-state index contributed by atoms with van der Waals surface area (Å²) in [7, 11) is 0. The van der Waals surface area contributed by atoms with Gasteiger partial charge in [0.05, 0.1) is 11.3 Å². The van der Waals surface area contributed by atoms with Gasteiger partial charge < -0.3 is 14.6 Å². The van der Waals surface area contributed by atoms with Crippen LogP contribution in [-0.4, -0.2) is 25.8 Å². The van der Waals surface area contributed by atoms with E-state index in [9.17, 15) is 4.79 Å². The van der Waals surface area contributed by atoms with Crippen molar-refractivity contribution < 1.29 is 14.1 Å². The van der Waals surface area contributed by atoms with E-state index in [2.05, 4.69) is 20.6 Å². The molecule has 3 aromatic heterocycles. The average molecular weight is 403 g/mol. The van der Waals surface area contributed by atoms with Crippen LogP contribution in [0, 0.1) is 13.8 Å². The molecule has 1 N–H and O–H groups in total. The number of hydrogen-bond acceptors (Lipinski definition) is 6. The van der Waals surface area contributed by atoms with Gasteiger partial charge in [0, 0.05) is 30.7 Å². The van der Waals surface area contributed by atoms with Crippen molar-refractivity contribution in [2.45, 2.75) is 27.0 Å². The molecule has 0 fully saturated rings. The smallest absolute Gasteiger partial charge is 0.251 e. The molecule has 152 valence electrons. The number of carbonyl (C=O) groups excluding carboxylic acids is 1. The minimum atomic E-state index is -0.162. The number of ether oxygens (including phenoxy) is 1. The minimum Gasteiger partial charge on any atom is -0.489 e. The molecule has 0 unspecified atom stereocenters. The average Bonchev–Trinajstić information content (AvgIpc) is 3.42. The van der Waals surface area contributed by atoms with Crippen molar-refractivity contribution in [1.29, 1.82) is 0 Å². The fourth-order valence-corrected chi connectivity index (χ4v) is 2.95. The zero-order valence-electron chi connectivity index (χ0n) is 16.7. The Labute approximate surface area is 173 Å². The second kappa shape index (κ2) is 8.60. The van der Waals surface area contributed by atoms with E-state index >= 15 is 0 Å². The molecule has 0 saturated heterocycles. The zero-order chi connectivity index (χ0) is 20.9. The molecular formula is C22H21N5O3. The molecule has 30 heavy (non-hydrogen) atoms. The summed E-state index contributed by atoms with van der Waals surface area (Å²) in [4.78, 5) is 16.8. The number of aryl methyl sites for hydroxylation is 2. The second-order valence-electron chi connectivity index (χ2n) is 6.77. The summed E-state index contributed by atoms with van der Waals surface area (Å²) in [5.41, 5.74) is 3.24. The van der Waals surface area contributed by atoms with Crippen LogP contribution in [0.5, 0.6) is 5.75 Å². The molecule has 0 bridgehead atoms. The van der Waals surface area contributed by atoms with Crippen molar-refractivity contribution in [2.24, 2.45) is 0 Å².